The number of amides is 1. The summed E-state index contributed by atoms with van der Waals surface area (Å²) in [5, 5.41) is 9.26. The van der Waals surface area contributed by atoms with Crippen molar-refractivity contribution in [2.24, 2.45) is 0 Å². The first-order valence-corrected chi connectivity index (χ1v) is 14.2. The molecule has 1 saturated heterocycles. The maximum absolute atomic E-state index is 15.7. The maximum atomic E-state index is 15.7. The molecule has 5 rings (SSSR count). The molecule has 0 saturated carbocycles. The number of nitrogens with zero attached hydrogens (tertiary/aromatic N) is 2. The molecular weight excluding hydrogens is 563 g/mol. The number of aryl methyl sites for hydroxylation is 1. The van der Waals surface area contributed by atoms with Crippen LogP contribution in [0.3, 0.4) is 0 Å². The number of H-pyrrole nitrogens is 1. The minimum atomic E-state index is -4.45. The van der Waals surface area contributed by atoms with Gasteiger partial charge in [0.15, 0.2) is 11.6 Å². The highest BCUT2D eigenvalue weighted by Crippen LogP contribution is 2.36. The van der Waals surface area contributed by atoms with Gasteiger partial charge in [-0.05, 0) is 49.1 Å². The molecule has 3 N–H and O–H groups in total. The molecule has 0 radical (unpaired) electrons. The molecular formula is C27H26F3N5O5S. The SMILES string of the molecule is CCc1cnc(OC)c(S(=O)(=O)Nc2ccc(F)c(-c3ccc4c(C(=O)NC5CCCOC5)[nH]nc4c3F)c2F)c1. The van der Waals surface area contributed by atoms with Gasteiger partial charge < -0.3 is 14.8 Å². The fraction of sp³-hybridized carbons (Fsp3) is 0.296. The lowest BCUT2D eigenvalue weighted by Gasteiger charge is -2.22. The number of aromatic amines is 1. The summed E-state index contributed by atoms with van der Waals surface area (Å²) in [7, 11) is -3.22. The van der Waals surface area contributed by atoms with Crippen molar-refractivity contribution < 1.29 is 35.9 Å². The van der Waals surface area contributed by atoms with Crippen LogP contribution in [0.25, 0.3) is 22.0 Å². The van der Waals surface area contributed by atoms with Crippen LogP contribution in [0, 0.1) is 17.5 Å². The van der Waals surface area contributed by atoms with Crippen LogP contribution in [-0.2, 0) is 21.2 Å². The van der Waals surface area contributed by atoms with Crippen molar-refractivity contribution in [3.8, 4) is 17.0 Å². The lowest BCUT2D eigenvalue weighted by atomic mass is 10.0. The predicted molar refractivity (Wildman–Crippen MR) is 144 cm³/mol. The minimum absolute atomic E-state index is 0.0182. The van der Waals surface area contributed by atoms with Gasteiger partial charge in [-0.1, -0.05) is 13.0 Å². The zero-order valence-corrected chi connectivity index (χ0v) is 22.9. The number of benzene rings is 2. The van der Waals surface area contributed by atoms with Crippen LogP contribution in [0.4, 0.5) is 18.9 Å². The Morgan fingerprint density at radius 3 is 2.71 bits per heavy atom. The molecule has 4 aromatic rings. The highest BCUT2D eigenvalue weighted by atomic mass is 32.2. The number of anilines is 1. The Morgan fingerprint density at radius 2 is 2.00 bits per heavy atom. The standard InChI is InChI=1S/C27H26F3N5O5S/c1-3-14-11-20(27(39-2)31-12-14)41(37,38)35-19-9-8-18(28)21(23(19)30)16-6-7-17-24(22(16)29)33-34-25(17)26(36)32-15-5-4-10-40-13-15/h6-9,11-12,15,35H,3-5,10,13H2,1-2H3,(H,32,36)(H,33,34). The highest BCUT2D eigenvalue weighted by molar-refractivity contribution is 7.92. The molecule has 2 aromatic heterocycles. The first-order chi connectivity index (χ1) is 19.6. The number of pyridine rings is 1. The van der Waals surface area contributed by atoms with E-state index in [4.69, 9.17) is 9.47 Å². The first-order valence-electron chi connectivity index (χ1n) is 12.7. The number of halogens is 3. The third kappa shape index (κ3) is 5.44. The van der Waals surface area contributed by atoms with Crippen molar-refractivity contribution in [1.82, 2.24) is 20.5 Å². The van der Waals surface area contributed by atoms with Gasteiger partial charge in [-0.3, -0.25) is 14.6 Å². The number of hydrogen-bond acceptors (Lipinski definition) is 7. The number of ether oxygens (including phenoxy) is 2. The second kappa shape index (κ2) is 11.4. The van der Waals surface area contributed by atoms with Crippen molar-refractivity contribution in [2.45, 2.75) is 37.1 Å². The zero-order chi connectivity index (χ0) is 29.3. The normalized spacial score (nSPS) is 15.6. The van der Waals surface area contributed by atoms with Gasteiger partial charge in [0.05, 0.1) is 31.0 Å². The van der Waals surface area contributed by atoms with Crippen LogP contribution in [0.15, 0.2) is 41.4 Å². The number of hydrogen-bond donors (Lipinski definition) is 3. The Kier molecular flexibility index (Phi) is 7.87. The number of nitrogens with one attached hydrogen (secondary N) is 3. The number of carbonyl (C=O) groups excluding carboxylic acids is 1. The van der Waals surface area contributed by atoms with Gasteiger partial charge in [0.1, 0.15) is 21.9 Å². The molecule has 2 aromatic carbocycles. The van der Waals surface area contributed by atoms with Gasteiger partial charge in [-0.2, -0.15) is 5.10 Å². The number of carbonyl (C=O) groups is 1. The van der Waals surface area contributed by atoms with Gasteiger partial charge in [0.25, 0.3) is 15.9 Å². The molecule has 1 amide bonds. The molecule has 1 unspecified atom stereocenters. The Balaban J connectivity index is 1.50. The molecule has 1 fully saturated rings. The lowest BCUT2D eigenvalue weighted by molar-refractivity contribution is 0.0622. The summed E-state index contributed by atoms with van der Waals surface area (Å²) in [6, 6.07) is 5.23. The summed E-state index contributed by atoms with van der Waals surface area (Å²) in [4.78, 5) is 16.4. The van der Waals surface area contributed by atoms with Crippen LogP contribution in [0.2, 0.25) is 0 Å². The fourth-order valence-corrected chi connectivity index (χ4v) is 5.85. The van der Waals surface area contributed by atoms with E-state index in [1.165, 1.54) is 25.4 Å². The molecule has 216 valence electrons. The molecule has 41 heavy (non-hydrogen) atoms. The molecule has 10 nitrogen and oxygen atoms in total. The average molecular weight is 590 g/mol. The van der Waals surface area contributed by atoms with E-state index in [9.17, 15) is 17.6 Å². The maximum Gasteiger partial charge on any atom is 0.270 e. The Hall–Kier alpha value is -4.17. The number of sulfonamides is 1. The molecule has 14 heteroatoms. The van der Waals surface area contributed by atoms with Crippen molar-refractivity contribution in [3.63, 3.8) is 0 Å². The molecule has 0 bridgehead atoms. The van der Waals surface area contributed by atoms with Gasteiger partial charge in [0, 0.05) is 23.8 Å². The van der Waals surface area contributed by atoms with E-state index in [0.717, 1.165) is 31.0 Å². The molecule has 1 atom stereocenters. The second-order valence-corrected chi connectivity index (χ2v) is 11.1. The fourth-order valence-electron chi connectivity index (χ4n) is 4.62. The Bertz CT molecular complexity index is 1740. The summed E-state index contributed by atoms with van der Waals surface area (Å²) in [5.74, 6) is -4.33. The topological polar surface area (TPSA) is 135 Å². The molecule has 3 heterocycles. The van der Waals surface area contributed by atoms with Crippen LogP contribution in [0.1, 0.15) is 35.8 Å². The van der Waals surface area contributed by atoms with Crippen molar-refractivity contribution in [1.29, 1.82) is 0 Å². The number of rotatable bonds is 8. The van der Waals surface area contributed by atoms with Crippen LogP contribution >= 0.6 is 0 Å². The van der Waals surface area contributed by atoms with E-state index >= 15 is 8.78 Å². The van der Waals surface area contributed by atoms with Crippen LogP contribution in [-0.4, -0.2) is 55.9 Å². The molecule has 0 aliphatic carbocycles. The number of fused-ring (bicyclic) bond motifs is 1. The van der Waals surface area contributed by atoms with Gasteiger partial charge in [-0.15, -0.1) is 0 Å². The quantitative estimate of drug-likeness (QED) is 0.279. The van der Waals surface area contributed by atoms with E-state index < -0.39 is 50.2 Å². The van der Waals surface area contributed by atoms with E-state index in [-0.39, 0.29) is 33.4 Å². The summed E-state index contributed by atoms with van der Waals surface area (Å²) in [6.45, 7) is 2.76. The smallest absolute Gasteiger partial charge is 0.270 e. The summed E-state index contributed by atoms with van der Waals surface area (Å²) in [6.07, 6.45) is 3.43. The number of methoxy groups -OCH3 is 1. The molecule has 1 aliphatic heterocycles. The zero-order valence-electron chi connectivity index (χ0n) is 22.1. The Morgan fingerprint density at radius 1 is 1.20 bits per heavy atom. The minimum Gasteiger partial charge on any atom is -0.480 e. The monoisotopic (exact) mass is 589 g/mol. The van der Waals surface area contributed by atoms with Gasteiger partial charge in [0.2, 0.25) is 5.88 Å². The largest absolute Gasteiger partial charge is 0.480 e. The third-order valence-electron chi connectivity index (χ3n) is 6.76. The lowest BCUT2D eigenvalue weighted by Crippen LogP contribution is -2.40. The second-order valence-electron chi connectivity index (χ2n) is 9.40. The summed E-state index contributed by atoms with van der Waals surface area (Å²) in [5.41, 5.74) is -1.70. The summed E-state index contributed by atoms with van der Waals surface area (Å²) < 4.78 is 85.1. The van der Waals surface area contributed by atoms with Crippen LogP contribution in [0.5, 0.6) is 5.88 Å². The van der Waals surface area contributed by atoms with E-state index in [1.54, 1.807) is 6.92 Å². The Labute approximate surface area is 233 Å². The van der Waals surface area contributed by atoms with Crippen molar-refractivity contribution >= 4 is 32.5 Å². The van der Waals surface area contributed by atoms with E-state index in [0.29, 0.717) is 25.2 Å². The van der Waals surface area contributed by atoms with Crippen molar-refractivity contribution in [3.05, 3.63) is 65.2 Å². The molecule has 0 spiro atoms. The predicted octanol–water partition coefficient (Wildman–Crippen LogP) is 4.32. The first kappa shape index (κ1) is 28.4. The highest BCUT2D eigenvalue weighted by Gasteiger charge is 2.27. The van der Waals surface area contributed by atoms with Crippen LogP contribution < -0.4 is 14.8 Å². The van der Waals surface area contributed by atoms with E-state index in [2.05, 4.69) is 25.2 Å². The average Bonchev–Trinajstić information content (AvgIpc) is 3.41. The molecule has 1 aliphatic rings. The summed E-state index contributed by atoms with van der Waals surface area (Å²) >= 11 is 0. The van der Waals surface area contributed by atoms with Gasteiger partial charge in [-0.25, -0.2) is 26.6 Å². The van der Waals surface area contributed by atoms with Crippen molar-refractivity contribution in [2.75, 3.05) is 25.0 Å². The third-order valence-corrected chi connectivity index (χ3v) is 8.12. The van der Waals surface area contributed by atoms with E-state index in [1.807, 2.05) is 0 Å². The number of aromatic nitrogens is 3. The van der Waals surface area contributed by atoms with Gasteiger partial charge >= 0.3 is 0 Å².